The molecule has 0 aromatic rings. The third kappa shape index (κ3) is 2.71. The summed E-state index contributed by atoms with van der Waals surface area (Å²) in [6.07, 6.45) is -5.84. The zero-order valence-corrected chi connectivity index (χ0v) is 7.89. The molecule has 1 rings (SSSR count). The van der Waals surface area contributed by atoms with Crippen LogP contribution in [0.2, 0.25) is 0 Å². The maximum absolute atomic E-state index is 10.0. The van der Waals surface area contributed by atoms with Crippen molar-refractivity contribution in [2.24, 2.45) is 0 Å². The fourth-order valence-electron chi connectivity index (χ4n) is 1.37. The minimum absolute atomic E-state index is 0.281. The summed E-state index contributed by atoms with van der Waals surface area (Å²) in [7, 11) is 0. The molecule has 15 heavy (non-hydrogen) atoms. The number of aldehydes is 1. The van der Waals surface area contributed by atoms with Crippen LogP contribution in [0.3, 0.4) is 0 Å². The minimum Gasteiger partial charge on any atom is -0.394 e. The Kier molecular flexibility index (Phi) is 4.58. The van der Waals surface area contributed by atoms with Gasteiger partial charge in [-0.05, 0) is 0 Å². The fourth-order valence-corrected chi connectivity index (χ4v) is 1.37. The summed E-state index contributed by atoms with van der Waals surface area (Å²) in [4.78, 5) is 10.0. The Balaban J connectivity index is 2.54. The van der Waals surface area contributed by atoms with E-state index in [-0.39, 0.29) is 6.61 Å². The summed E-state index contributed by atoms with van der Waals surface area (Å²) in [5.41, 5.74) is 0. The van der Waals surface area contributed by atoms with Crippen molar-refractivity contribution in [3.8, 4) is 0 Å². The highest BCUT2D eigenvalue weighted by Crippen LogP contribution is 2.24. The highest BCUT2D eigenvalue weighted by Gasteiger charge is 2.46. The molecule has 7 heteroatoms. The van der Waals surface area contributed by atoms with Gasteiger partial charge in [-0.25, -0.2) is 0 Å². The summed E-state index contributed by atoms with van der Waals surface area (Å²) < 4.78 is 9.72. The lowest BCUT2D eigenvalue weighted by Crippen LogP contribution is -2.40. The van der Waals surface area contributed by atoms with Crippen LogP contribution in [0.4, 0.5) is 0 Å². The van der Waals surface area contributed by atoms with Crippen LogP contribution in [0.25, 0.3) is 0 Å². The number of ether oxygens (including phenoxy) is 2. The van der Waals surface area contributed by atoms with E-state index in [1.165, 1.54) is 0 Å². The first-order valence-corrected chi connectivity index (χ1v) is 4.47. The summed E-state index contributed by atoms with van der Waals surface area (Å²) in [5, 5.41) is 36.7. The van der Waals surface area contributed by atoms with Gasteiger partial charge in [0, 0.05) is 0 Å². The predicted octanol–water partition coefficient (Wildman–Crippen LogP) is -3.00. The second kappa shape index (κ2) is 5.50. The van der Waals surface area contributed by atoms with Gasteiger partial charge in [-0.3, -0.25) is 0 Å². The zero-order chi connectivity index (χ0) is 11.4. The predicted molar refractivity (Wildman–Crippen MR) is 45.8 cm³/mol. The van der Waals surface area contributed by atoms with Crippen molar-refractivity contribution in [2.45, 2.75) is 30.7 Å². The molecule has 1 fully saturated rings. The third-order valence-electron chi connectivity index (χ3n) is 2.15. The number of aliphatic hydroxyl groups excluding tert-OH is 4. The molecule has 0 aromatic heterocycles. The van der Waals surface area contributed by atoms with Gasteiger partial charge in [0.25, 0.3) is 0 Å². The van der Waals surface area contributed by atoms with E-state index in [9.17, 15) is 20.1 Å². The zero-order valence-electron chi connectivity index (χ0n) is 7.89. The van der Waals surface area contributed by atoms with Gasteiger partial charge in [0.2, 0.25) is 0 Å². The van der Waals surface area contributed by atoms with Crippen molar-refractivity contribution in [2.75, 3.05) is 13.2 Å². The van der Waals surface area contributed by atoms with E-state index in [1.54, 1.807) is 0 Å². The summed E-state index contributed by atoms with van der Waals surface area (Å²) >= 11 is 0. The summed E-state index contributed by atoms with van der Waals surface area (Å²) in [6.45, 7) is -0.884. The topological polar surface area (TPSA) is 116 Å². The standard InChI is InChI=1S/C8H14O7/c9-1-2-14-8-6(13)5(12)7(15-8)4(11)3-10/h1,4-8,10-13H,2-3H2/t4-,5-,6-,7-,8+/m1/s1. The molecular weight excluding hydrogens is 208 g/mol. The molecule has 5 atom stereocenters. The number of rotatable bonds is 5. The molecule has 1 aliphatic heterocycles. The molecule has 7 nitrogen and oxygen atoms in total. The summed E-state index contributed by atoms with van der Waals surface area (Å²) in [6, 6.07) is 0. The molecule has 0 aromatic carbocycles. The van der Waals surface area contributed by atoms with E-state index in [1.807, 2.05) is 0 Å². The van der Waals surface area contributed by atoms with Crippen molar-refractivity contribution in [1.29, 1.82) is 0 Å². The Morgan fingerprint density at radius 2 is 2.07 bits per heavy atom. The lowest BCUT2D eigenvalue weighted by Gasteiger charge is -2.18. The Morgan fingerprint density at radius 3 is 2.60 bits per heavy atom. The first-order chi connectivity index (χ1) is 7.11. The molecular formula is C8H14O7. The average molecular weight is 222 g/mol. The van der Waals surface area contributed by atoms with E-state index in [2.05, 4.69) is 0 Å². The molecule has 0 unspecified atom stereocenters. The Morgan fingerprint density at radius 1 is 1.40 bits per heavy atom. The second-order valence-corrected chi connectivity index (χ2v) is 3.20. The van der Waals surface area contributed by atoms with Crippen LogP contribution < -0.4 is 0 Å². The molecule has 0 spiro atoms. The van der Waals surface area contributed by atoms with Crippen LogP contribution in [-0.4, -0.2) is 70.6 Å². The van der Waals surface area contributed by atoms with Crippen LogP contribution in [0.5, 0.6) is 0 Å². The number of aliphatic hydroxyl groups is 4. The average Bonchev–Trinajstić information content (AvgIpc) is 2.53. The Hall–Kier alpha value is -0.570. The van der Waals surface area contributed by atoms with E-state index >= 15 is 0 Å². The van der Waals surface area contributed by atoms with Gasteiger partial charge in [-0.15, -0.1) is 0 Å². The van der Waals surface area contributed by atoms with E-state index < -0.39 is 37.3 Å². The van der Waals surface area contributed by atoms with Gasteiger partial charge in [0.15, 0.2) is 6.29 Å². The first kappa shape index (κ1) is 12.5. The Labute approximate surface area is 85.9 Å². The fraction of sp³-hybridized carbons (Fsp3) is 0.875. The molecule has 0 radical (unpaired) electrons. The van der Waals surface area contributed by atoms with Crippen LogP contribution >= 0.6 is 0 Å². The lowest BCUT2D eigenvalue weighted by atomic mass is 10.1. The number of carbonyl (C=O) groups excluding carboxylic acids is 1. The minimum atomic E-state index is -1.36. The molecule has 88 valence electrons. The molecule has 1 aliphatic rings. The highest BCUT2D eigenvalue weighted by molar-refractivity contribution is 5.50. The van der Waals surface area contributed by atoms with Crippen molar-refractivity contribution < 1.29 is 34.7 Å². The SMILES string of the molecule is O=CCO[C@H]1O[C@H]([C@H](O)CO)[C@H](O)[C@H]1O. The van der Waals surface area contributed by atoms with Crippen molar-refractivity contribution in [3.63, 3.8) is 0 Å². The normalized spacial score (nSPS) is 37.9. The Bertz CT molecular complexity index is 209. The monoisotopic (exact) mass is 222 g/mol. The molecule has 0 bridgehead atoms. The van der Waals surface area contributed by atoms with E-state index in [0.717, 1.165) is 0 Å². The maximum Gasteiger partial charge on any atom is 0.187 e. The van der Waals surface area contributed by atoms with Crippen molar-refractivity contribution in [3.05, 3.63) is 0 Å². The van der Waals surface area contributed by atoms with E-state index in [4.69, 9.17) is 14.6 Å². The number of hydrogen-bond donors (Lipinski definition) is 4. The van der Waals surface area contributed by atoms with Gasteiger partial charge in [-0.2, -0.15) is 0 Å². The highest BCUT2D eigenvalue weighted by atomic mass is 16.7. The van der Waals surface area contributed by atoms with E-state index in [0.29, 0.717) is 6.29 Å². The number of carbonyl (C=O) groups is 1. The summed E-state index contributed by atoms with van der Waals surface area (Å²) in [5.74, 6) is 0. The van der Waals surface area contributed by atoms with Gasteiger partial charge in [0.1, 0.15) is 37.3 Å². The van der Waals surface area contributed by atoms with Gasteiger partial charge < -0.3 is 34.7 Å². The van der Waals surface area contributed by atoms with Crippen molar-refractivity contribution >= 4 is 6.29 Å². The third-order valence-corrected chi connectivity index (χ3v) is 2.15. The first-order valence-electron chi connectivity index (χ1n) is 4.47. The number of hydrogen-bond acceptors (Lipinski definition) is 7. The van der Waals surface area contributed by atoms with Gasteiger partial charge in [0.05, 0.1) is 6.61 Å². The molecule has 4 N–H and O–H groups in total. The molecule has 1 saturated heterocycles. The quantitative estimate of drug-likeness (QED) is 0.366. The van der Waals surface area contributed by atoms with Crippen LogP contribution in [0.15, 0.2) is 0 Å². The smallest absolute Gasteiger partial charge is 0.187 e. The molecule has 0 aliphatic carbocycles. The van der Waals surface area contributed by atoms with Crippen LogP contribution in [0, 0.1) is 0 Å². The van der Waals surface area contributed by atoms with Crippen LogP contribution in [0.1, 0.15) is 0 Å². The van der Waals surface area contributed by atoms with Gasteiger partial charge >= 0.3 is 0 Å². The van der Waals surface area contributed by atoms with Crippen molar-refractivity contribution in [1.82, 2.24) is 0 Å². The largest absolute Gasteiger partial charge is 0.394 e. The maximum atomic E-state index is 10.0. The van der Waals surface area contributed by atoms with Gasteiger partial charge in [-0.1, -0.05) is 0 Å². The molecule has 1 heterocycles. The molecule has 0 saturated carbocycles. The van der Waals surface area contributed by atoms with Crippen LogP contribution in [-0.2, 0) is 14.3 Å². The lowest BCUT2D eigenvalue weighted by molar-refractivity contribution is -0.179. The second-order valence-electron chi connectivity index (χ2n) is 3.20. The molecule has 0 amide bonds.